The summed E-state index contributed by atoms with van der Waals surface area (Å²) in [5, 5.41) is 10.3. The highest BCUT2D eigenvalue weighted by molar-refractivity contribution is 5.07. The molecule has 2 atom stereocenters. The van der Waals surface area contributed by atoms with Crippen LogP contribution in [0.5, 0.6) is 0 Å². The predicted octanol–water partition coefficient (Wildman–Crippen LogP) is 9.07. The zero-order chi connectivity index (χ0) is 20.5. The first-order chi connectivity index (χ1) is 14.2. The molecule has 0 amide bonds. The highest BCUT2D eigenvalue weighted by Crippen LogP contribution is 2.53. The SMILES string of the molecule is CCCCCCC[C@@]1(C#N)CCCC[C@H]1C1CCC(C2CCC(CC)CC2)CC1. The van der Waals surface area contributed by atoms with E-state index in [1.54, 1.807) is 0 Å². The fourth-order valence-corrected chi connectivity index (χ4v) is 7.59. The Morgan fingerprint density at radius 1 is 0.724 bits per heavy atom. The molecule has 0 saturated heterocycles. The molecule has 0 spiro atoms. The fraction of sp³-hybridized carbons (Fsp3) is 0.964. The molecule has 0 bridgehead atoms. The molecule has 0 aromatic heterocycles. The first-order valence-electron chi connectivity index (χ1n) is 13.6. The van der Waals surface area contributed by atoms with Crippen LogP contribution < -0.4 is 0 Å². The van der Waals surface area contributed by atoms with Crippen molar-refractivity contribution in [1.82, 2.24) is 0 Å². The molecule has 3 aliphatic rings. The molecule has 0 heterocycles. The summed E-state index contributed by atoms with van der Waals surface area (Å²) in [5.74, 6) is 4.64. The minimum Gasteiger partial charge on any atom is -0.198 e. The van der Waals surface area contributed by atoms with Gasteiger partial charge < -0.3 is 0 Å². The predicted molar refractivity (Wildman–Crippen MR) is 125 cm³/mol. The quantitative estimate of drug-likeness (QED) is 0.355. The van der Waals surface area contributed by atoms with Crippen LogP contribution in [0.3, 0.4) is 0 Å². The third-order valence-corrected chi connectivity index (χ3v) is 9.57. The van der Waals surface area contributed by atoms with Gasteiger partial charge >= 0.3 is 0 Å². The Balaban J connectivity index is 1.51. The summed E-state index contributed by atoms with van der Waals surface area (Å²) in [4.78, 5) is 0. The Morgan fingerprint density at radius 2 is 1.34 bits per heavy atom. The third kappa shape index (κ3) is 6.02. The molecule has 0 aliphatic heterocycles. The van der Waals surface area contributed by atoms with Gasteiger partial charge in [-0.25, -0.2) is 0 Å². The van der Waals surface area contributed by atoms with Gasteiger partial charge in [0.25, 0.3) is 0 Å². The van der Waals surface area contributed by atoms with E-state index in [4.69, 9.17) is 0 Å². The van der Waals surface area contributed by atoms with Gasteiger partial charge in [-0.1, -0.05) is 78.1 Å². The van der Waals surface area contributed by atoms with Crippen molar-refractivity contribution in [2.75, 3.05) is 0 Å². The van der Waals surface area contributed by atoms with Crippen LogP contribution in [0.15, 0.2) is 0 Å². The standard InChI is InChI=1S/C28H49N/c1-3-5-6-7-9-20-28(22-29)21-10-8-11-27(28)26-18-16-25(17-19-26)24-14-12-23(4-2)13-15-24/h23-27H,3-21H2,1-2H3/t23?,24?,25?,26?,27-,28-/m0/s1. The average Bonchev–Trinajstić information content (AvgIpc) is 2.79. The first kappa shape index (κ1) is 23.2. The van der Waals surface area contributed by atoms with Crippen molar-refractivity contribution in [2.45, 2.75) is 136 Å². The van der Waals surface area contributed by atoms with Crippen LogP contribution in [0.25, 0.3) is 0 Å². The number of hydrogen-bond acceptors (Lipinski definition) is 1. The lowest BCUT2D eigenvalue weighted by atomic mass is 9.57. The maximum atomic E-state index is 10.3. The largest absolute Gasteiger partial charge is 0.198 e. The summed E-state index contributed by atoms with van der Waals surface area (Å²) in [6.45, 7) is 4.67. The van der Waals surface area contributed by atoms with Gasteiger partial charge in [-0.15, -0.1) is 0 Å². The summed E-state index contributed by atoms with van der Waals surface area (Å²) in [6, 6.07) is 2.94. The van der Waals surface area contributed by atoms with E-state index in [0.717, 1.165) is 23.7 Å². The van der Waals surface area contributed by atoms with E-state index >= 15 is 0 Å². The number of hydrogen-bond donors (Lipinski definition) is 0. The lowest BCUT2D eigenvalue weighted by Gasteiger charge is -2.46. The van der Waals surface area contributed by atoms with Crippen molar-refractivity contribution in [3.8, 4) is 6.07 Å². The molecule has 1 heteroatoms. The van der Waals surface area contributed by atoms with Crippen LogP contribution >= 0.6 is 0 Å². The van der Waals surface area contributed by atoms with E-state index in [0.29, 0.717) is 5.92 Å². The molecule has 0 radical (unpaired) electrons. The fourth-order valence-electron chi connectivity index (χ4n) is 7.59. The van der Waals surface area contributed by atoms with Gasteiger partial charge in [0.15, 0.2) is 0 Å². The maximum Gasteiger partial charge on any atom is 0.0692 e. The molecule has 3 aliphatic carbocycles. The molecule has 3 saturated carbocycles. The zero-order valence-corrected chi connectivity index (χ0v) is 19.8. The molecule has 0 N–H and O–H groups in total. The lowest BCUT2D eigenvalue weighted by molar-refractivity contribution is 0.0449. The number of rotatable bonds is 9. The summed E-state index contributed by atoms with van der Waals surface area (Å²) in [6.07, 6.45) is 26.3. The highest BCUT2D eigenvalue weighted by Gasteiger charge is 2.45. The highest BCUT2D eigenvalue weighted by atomic mass is 14.5. The van der Waals surface area contributed by atoms with Crippen LogP contribution in [-0.4, -0.2) is 0 Å². The summed E-state index contributed by atoms with van der Waals surface area (Å²) >= 11 is 0. The Hall–Kier alpha value is -0.510. The maximum absolute atomic E-state index is 10.3. The van der Waals surface area contributed by atoms with Crippen molar-refractivity contribution in [3.05, 3.63) is 0 Å². The van der Waals surface area contributed by atoms with Crippen LogP contribution in [0.2, 0.25) is 0 Å². The molecule has 0 unspecified atom stereocenters. The molecule has 0 aromatic carbocycles. The van der Waals surface area contributed by atoms with Crippen molar-refractivity contribution < 1.29 is 0 Å². The topological polar surface area (TPSA) is 23.8 Å². The van der Waals surface area contributed by atoms with E-state index in [-0.39, 0.29) is 5.41 Å². The van der Waals surface area contributed by atoms with Crippen molar-refractivity contribution in [2.24, 2.45) is 35.0 Å². The van der Waals surface area contributed by atoms with Gasteiger partial charge in [0.2, 0.25) is 0 Å². The molecular formula is C28H49N. The normalized spacial score (nSPS) is 38.4. The zero-order valence-electron chi connectivity index (χ0n) is 19.8. The van der Waals surface area contributed by atoms with Crippen LogP contribution in [0, 0.1) is 46.3 Å². The second-order valence-corrected chi connectivity index (χ2v) is 11.1. The Kier molecular flexibility index (Phi) is 9.40. The van der Waals surface area contributed by atoms with E-state index in [2.05, 4.69) is 19.9 Å². The van der Waals surface area contributed by atoms with E-state index < -0.39 is 0 Å². The molecule has 166 valence electrons. The number of unbranched alkanes of at least 4 members (excludes halogenated alkanes) is 4. The Bertz CT molecular complexity index is 489. The van der Waals surface area contributed by atoms with Crippen LogP contribution in [-0.2, 0) is 0 Å². The Morgan fingerprint density at radius 3 is 1.97 bits per heavy atom. The van der Waals surface area contributed by atoms with Gasteiger partial charge in [-0.3, -0.25) is 0 Å². The first-order valence-corrected chi connectivity index (χ1v) is 13.6. The minimum absolute atomic E-state index is 0.0289. The summed E-state index contributed by atoms with van der Waals surface area (Å²) in [7, 11) is 0. The van der Waals surface area contributed by atoms with Crippen LogP contribution in [0.4, 0.5) is 0 Å². The van der Waals surface area contributed by atoms with Gasteiger partial charge in [0, 0.05) is 0 Å². The monoisotopic (exact) mass is 399 g/mol. The van der Waals surface area contributed by atoms with E-state index in [1.165, 1.54) is 122 Å². The van der Waals surface area contributed by atoms with Gasteiger partial charge in [0.05, 0.1) is 11.5 Å². The third-order valence-electron chi connectivity index (χ3n) is 9.57. The molecule has 3 rings (SSSR count). The van der Waals surface area contributed by atoms with Gasteiger partial charge in [0.1, 0.15) is 0 Å². The van der Waals surface area contributed by atoms with E-state index in [9.17, 15) is 5.26 Å². The molecule has 0 aromatic rings. The Labute approximate surface area is 182 Å². The smallest absolute Gasteiger partial charge is 0.0692 e. The second kappa shape index (κ2) is 11.8. The second-order valence-electron chi connectivity index (χ2n) is 11.1. The van der Waals surface area contributed by atoms with Gasteiger partial charge in [-0.2, -0.15) is 5.26 Å². The van der Waals surface area contributed by atoms with Crippen molar-refractivity contribution >= 4 is 0 Å². The number of nitriles is 1. The van der Waals surface area contributed by atoms with Gasteiger partial charge in [-0.05, 0) is 87.4 Å². The summed E-state index contributed by atoms with van der Waals surface area (Å²) in [5.41, 5.74) is 0.0289. The van der Waals surface area contributed by atoms with Crippen molar-refractivity contribution in [3.63, 3.8) is 0 Å². The number of nitrogens with zero attached hydrogens (tertiary/aromatic N) is 1. The average molecular weight is 400 g/mol. The van der Waals surface area contributed by atoms with Crippen molar-refractivity contribution in [1.29, 1.82) is 5.26 Å². The van der Waals surface area contributed by atoms with Crippen LogP contribution in [0.1, 0.15) is 136 Å². The molecular weight excluding hydrogens is 350 g/mol. The lowest BCUT2D eigenvalue weighted by Crippen LogP contribution is -2.39. The molecule has 3 fully saturated rings. The minimum atomic E-state index is 0.0289. The summed E-state index contributed by atoms with van der Waals surface area (Å²) < 4.78 is 0. The molecule has 29 heavy (non-hydrogen) atoms. The molecule has 1 nitrogen and oxygen atoms in total. The van der Waals surface area contributed by atoms with E-state index in [1.807, 2.05) is 0 Å².